The molecule has 2 aromatic rings. The molecule has 2 rings (SSSR count). The smallest absolute Gasteiger partial charge is 0.161 e. The van der Waals surface area contributed by atoms with Crippen LogP contribution in [0.4, 0.5) is 13.2 Å². The standard InChI is InChI=1S/C13H9ClF3N/c14-8-1-2-9(7(3-8)6-18)10-4-12(16)13(17)5-11(10)15/h1-5H,6,18H2. The van der Waals surface area contributed by atoms with E-state index in [0.29, 0.717) is 22.2 Å². The lowest BCUT2D eigenvalue weighted by Gasteiger charge is -2.10. The predicted molar refractivity (Wildman–Crippen MR) is 64.7 cm³/mol. The van der Waals surface area contributed by atoms with E-state index in [1.807, 2.05) is 0 Å². The highest BCUT2D eigenvalue weighted by Crippen LogP contribution is 2.29. The molecule has 18 heavy (non-hydrogen) atoms. The highest BCUT2D eigenvalue weighted by Gasteiger charge is 2.14. The van der Waals surface area contributed by atoms with E-state index in [4.69, 9.17) is 17.3 Å². The van der Waals surface area contributed by atoms with Crippen molar-refractivity contribution < 1.29 is 13.2 Å². The molecular weight excluding hydrogens is 263 g/mol. The van der Waals surface area contributed by atoms with Gasteiger partial charge in [0.05, 0.1) is 0 Å². The van der Waals surface area contributed by atoms with Crippen LogP contribution < -0.4 is 5.73 Å². The maximum atomic E-state index is 13.7. The van der Waals surface area contributed by atoms with Gasteiger partial charge in [0.1, 0.15) is 5.82 Å². The van der Waals surface area contributed by atoms with Crippen molar-refractivity contribution >= 4 is 11.6 Å². The number of benzene rings is 2. The van der Waals surface area contributed by atoms with Gasteiger partial charge in [-0.2, -0.15) is 0 Å². The Kier molecular flexibility index (Phi) is 3.59. The summed E-state index contributed by atoms with van der Waals surface area (Å²) in [7, 11) is 0. The molecule has 0 aliphatic carbocycles. The second-order valence-corrected chi connectivity index (χ2v) is 4.19. The van der Waals surface area contributed by atoms with Crippen molar-refractivity contribution in [2.45, 2.75) is 6.54 Å². The van der Waals surface area contributed by atoms with Gasteiger partial charge in [0, 0.05) is 23.2 Å². The van der Waals surface area contributed by atoms with Gasteiger partial charge in [0.15, 0.2) is 11.6 Å². The molecule has 0 saturated heterocycles. The average Bonchev–Trinajstić information content (AvgIpc) is 2.34. The molecule has 0 amide bonds. The minimum absolute atomic E-state index is 0.0361. The SMILES string of the molecule is NCc1cc(Cl)ccc1-c1cc(F)c(F)cc1F. The highest BCUT2D eigenvalue weighted by atomic mass is 35.5. The fraction of sp³-hybridized carbons (Fsp3) is 0.0769. The Labute approximate surface area is 107 Å². The lowest BCUT2D eigenvalue weighted by atomic mass is 9.99. The number of nitrogens with two attached hydrogens (primary N) is 1. The van der Waals surface area contributed by atoms with Gasteiger partial charge in [-0.1, -0.05) is 17.7 Å². The summed E-state index contributed by atoms with van der Waals surface area (Å²) in [6.45, 7) is 0.119. The Morgan fingerprint density at radius 3 is 2.22 bits per heavy atom. The number of halogens is 4. The molecule has 0 atom stereocenters. The molecule has 2 N–H and O–H groups in total. The molecule has 2 aromatic carbocycles. The Morgan fingerprint density at radius 2 is 1.56 bits per heavy atom. The second-order valence-electron chi connectivity index (χ2n) is 3.75. The number of rotatable bonds is 2. The fourth-order valence-corrected chi connectivity index (χ4v) is 1.92. The third-order valence-corrected chi connectivity index (χ3v) is 2.82. The Bertz CT molecular complexity index is 599. The van der Waals surface area contributed by atoms with E-state index in [-0.39, 0.29) is 12.1 Å². The predicted octanol–water partition coefficient (Wildman–Crippen LogP) is 3.88. The molecule has 94 valence electrons. The minimum Gasteiger partial charge on any atom is -0.326 e. The summed E-state index contributed by atoms with van der Waals surface area (Å²) in [5, 5.41) is 0.446. The summed E-state index contributed by atoms with van der Waals surface area (Å²) in [6.07, 6.45) is 0. The molecule has 5 heteroatoms. The number of hydrogen-bond donors (Lipinski definition) is 1. The molecule has 1 nitrogen and oxygen atoms in total. The Morgan fingerprint density at radius 1 is 0.889 bits per heavy atom. The normalized spacial score (nSPS) is 10.7. The molecule has 0 spiro atoms. The lowest BCUT2D eigenvalue weighted by Crippen LogP contribution is -2.01. The summed E-state index contributed by atoms with van der Waals surface area (Å²) in [6, 6.07) is 5.96. The van der Waals surface area contributed by atoms with Crippen LogP contribution in [0.15, 0.2) is 30.3 Å². The molecule has 0 aromatic heterocycles. The van der Waals surface area contributed by atoms with Gasteiger partial charge in [-0.05, 0) is 29.3 Å². The van der Waals surface area contributed by atoms with E-state index in [2.05, 4.69) is 0 Å². The van der Waals surface area contributed by atoms with Crippen LogP contribution in [0.1, 0.15) is 5.56 Å². The zero-order valence-electron chi connectivity index (χ0n) is 9.18. The topological polar surface area (TPSA) is 26.0 Å². The zero-order valence-corrected chi connectivity index (χ0v) is 9.94. The minimum atomic E-state index is -1.22. The molecule has 0 aliphatic rings. The van der Waals surface area contributed by atoms with Gasteiger partial charge < -0.3 is 5.73 Å². The van der Waals surface area contributed by atoms with Crippen molar-refractivity contribution in [3.05, 3.63) is 58.4 Å². The lowest BCUT2D eigenvalue weighted by molar-refractivity contribution is 0.496. The van der Waals surface area contributed by atoms with Crippen LogP contribution in [0.3, 0.4) is 0 Å². The van der Waals surface area contributed by atoms with Crippen LogP contribution in [-0.4, -0.2) is 0 Å². The van der Waals surface area contributed by atoms with Crippen LogP contribution in [0.2, 0.25) is 5.02 Å². The molecule has 0 bridgehead atoms. The van der Waals surface area contributed by atoms with Crippen molar-refractivity contribution in [1.82, 2.24) is 0 Å². The van der Waals surface area contributed by atoms with Gasteiger partial charge in [-0.15, -0.1) is 0 Å². The number of hydrogen-bond acceptors (Lipinski definition) is 1. The van der Waals surface area contributed by atoms with E-state index in [0.717, 1.165) is 6.07 Å². The van der Waals surface area contributed by atoms with Gasteiger partial charge >= 0.3 is 0 Å². The molecule has 0 fully saturated rings. The molecule has 0 aliphatic heterocycles. The average molecular weight is 272 g/mol. The maximum Gasteiger partial charge on any atom is 0.161 e. The summed E-state index contributed by atoms with van der Waals surface area (Å²) in [5.41, 5.74) is 6.45. The van der Waals surface area contributed by atoms with Crippen LogP contribution in [-0.2, 0) is 6.54 Å². The van der Waals surface area contributed by atoms with Crippen molar-refractivity contribution in [2.24, 2.45) is 5.73 Å². The molecule has 0 saturated carbocycles. The van der Waals surface area contributed by atoms with E-state index in [1.54, 1.807) is 6.07 Å². The Hall–Kier alpha value is -1.52. The van der Waals surface area contributed by atoms with E-state index < -0.39 is 17.5 Å². The van der Waals surface area contributed by atoms with Crippen molar-refractivity contribution in [1.29, 1.82) is 0 Å². The third-order valence-electron chi connectivity index (χ3n) is 2.59. The van der Waals surface area contributed by atoms with Crippen molar-refractivity contribution in [3.63, 3.8) is 0 Å². The van der Waals surface area contributed by atoms with Crippen molar-refractivity contribution in [3.8, 4) is 11.1 Å². The van der Waals surface area contributed by atoms with Crippen LogP contribution >= 0.6 is 11.6 Å². The molecule has 0 unspecified atom stereocenters. The van der Waals surface area contributed by atoms with Gasteiger partial charge in [0.25, 0.3) is 0 Å². The Balaban J connectivity index is 2.65. The van der Waals surface area contributed by atoms with E-state index in [1.165, 1.54) is 12.1 Å². The first-order chi connectivity index (χ1) is 8.52. The molecule has 0 radical (unpaired) electrons. The third kappa shape index (κ3) is 2.35. The van der Waals surface area contributed by atoms with Gasteiger partial charge in [0.2, 0.25) is 0 Å². The summed E-state index contributed by atoms with van der Waals surface area (Å²) >= 11 is 5.80. The highest BCUT2D eigenvalue weighted by molar-refractivity contribution is 6.30. The zero-order chi connectivity index (χ0) is 13.3. The van der Waals surface area contributed by atoms with E-state index >= 15 is 0 Å². The largest absolute Gasteiger partial charge is 0.326 e. The van der Waals surface area contributed by atoms with Gasteiger partial charge in [-0.3, -0.25) is 0 Å². The summed E-state index contributed by atoms with van der Waals surface area (Å²) in [4.78, 5) is 0. The molecular formula is C13H9ClF3N. The van der Waals surface area contributed by atoms with Crippen LogP contribution in [0.5, 0.6) is 0 Å². The quantitative estimate of drug-likeness (QED) is 0.824. The summed E-state index contributed by atoms with van der Waals surface area (Å²) < 4.78 is 39.7. The first-order valence-corrected chi connectivity index (χ1v) is 5.54. The van der Waals surface area contributed by atoms with Crippen LogP contribution in [0, 0.1) is 17.5 Å². The van der Waals surface area contributed by atoms with E-state index in [9.17, 15) is 13.2 Å². The monoisotopic (exact) mass is 271 g/mol. The summed E-state index contributed by atoms with van der Waals surface area (Å²) in [5.74, 6) is -3.17. The first kappa shape index (κ1) is 12.9. The second kappa shape index (κ2) is 5.00. The fourth-order valence-electron chi connectivity index (χ4n) is 1.72. The van der Waals surface area contributed by atoms with Crippen molar-refractivity contribution in [2.75, 3.05) is 0 Å². The maximum absolute atomic E-state index is 13.7. The van der Waals surface area contributed by atoms with Crippen LogP contribution in [0.25, 0.3) is 11.1 Å². The van der Waals surface area contributed by atoms with Gasteiger partial charge in [-0.25, -0.2) is 13.2 Å². The molecule has 0 heterocycles. The first-order valence-electron chi connectivity index (χ1n) is 5.16.